The molecule has 0 saturated carbocycles. The number of rotatable bonds is 8. The van der Waals surface area contributed by atoms with Gasteiger partial charge in [0.1, 0.15) is 24.4 Å². The summed E-state index contributed by atoms with van der Waals surface area (Å²) in [6.07, 6.45) is 5.26. The smallest absolute Gasteiger partial charge is 0.227 e. The molecule has 6 nitrogen and oxygen atoms in total. The van der Waals surface area contributed by atoms with E-state index in [1.807, 2.05) is 54.6 Å². The van der Waals surface area contributed by atoms with Crippen molar-refractivity contribution in [2.75, 3.05) is 44.8 Å². The fourth-order valence-corrected chi connectivity index (χ4v) is 3.69. The van der Waals surface area contributed by atoms with Gasteiger partial charge in [0.05, 0.1) is 13.7 Å². The molecule has 2 aromatic carbocycles. The molecule has 1 saturated heterocycles. The van der Waals surface area contributed by atoms with E-state index in [-0.39, 0.29) is 11.2 Å². The number of hydrogen-bond acceptors (Lipinski definition) is 6. The van der Waals surface area contributed by atoms with Gasteiger partial charge in [0.15, 0.2) is 0 Å². The van der Waals surface area contributed by atoms with E-state index < -0.39 is 0 Å². The van der Waals surface area contributed by atoms with Crippen molar-refractivity contribution >= 4 is 11.8 Å². The predicted octanol–water partition coefficient (Wildman–Crippen LogP) is 4.06. The molecule has 0 spiro atoms. The zero-order chi connectivity index (χ0) is 22.2. The van der Waals surface area contributed by atoms with Gasteiger partial charge >= 0.3 is 0 Å². The zero-order valence-electron chi connectivity index (χ0n) is 18.3. The van der Waals surface area contributed by atoms with Crippen LogP contribution in [0, 0.1) is 0 Å². The molecule has 1 aromatic heterocycles. The molecule has 0 radical (unpaired) electrons. The van der Waals surface area contributed by atoms with Crippen LogP contribution in [-0.4, -0.2) is 44.8 Å². The second kappa shape index (κ2) is 10.7. The van der Waals surface area contributed by atoms with Gasteiger partial charge < -0.3 is 18.8 Å². The van der Waals surface area contributed by atoms with Crippen LogP contribution in [0.4, 0.5) is 5.69 Å². The lowest BCUT2D eigenvalue weighted by Gasteiger charge is -2.35. The highest BCUT2D eigenvalue weighted by Gasteiger charge is 2.18. The molecule has 0 N–H and O–H groups in total. The van der Waals surface area contributed by atoms with Crippen LogP contribution >= 0.6 is 0 Å². The van der Waals surface area contributed by atoms with Gasteiger partial charge in [-0.25, -0.2) is 0 Å². The second-order valence-corrected chi connectivity index (χ2v) is 7.66. The third kappa shape index (κ3) is 5.80. The average molecular weight is 433 g/mol. The minimum Gasteiger partial charge on any atom is -0.497 e. The van der Waals surface area contributed by atoms with Gasteiger partial charge in [-0.05, 0) is 35.9 Å². The van der Waals surface area contributed by atoms with Crippen LogP contribution in [0.5, 0.6) is 11.5 Å². The Morgan fingerprint density at radius 1 is 1.00 bits per heavy atom. The Balaban J connectivity index is 1.25. The maximum absolute atomic E-state index is 12.4. The van der Waals surface area contributed by atoms with Crippen LogP contribution in [0.1, 0.15) is 11.3 Å². The molecule has 0 amide bonds. The summed E-state index contributed by atoms with van der Waals surface area (Å²) in [5, 5.41) is 0. The zero-order valence-corrected chi connectivity index (χ0v) is 18.3. The summed E-state index contributed by atoms with van der Waals surface area (Å²) in [7, 11) is 1.67. The highest BCUT2D eigenvalue weighted by Crippen LogP contribution is 2.21. The summed E-state index contributed by atoms with van der Waals surface area (Å²) in [6, 6.07) is 19.6. The van der Waals surface area contributed by atoms with Gasteiger partial charge in [0.2, 0.25) is 11.2 Å². The van der Waals surface area contributed by atoms with Gasteiger partial charge in [0, 0.05) is 37.9 Å². The normalized spacial score (nSPS) is 14.6. The van der Waals surface area contributed by atoms with Crippen molar-refractivity contribution in [3.05, 3.63) is 94.5 Å². The average Bonchev–Trinajstić information content (AvgIpc) is 2.84. The molecule has 0 bridgehead atoms. The van der Waals surface area contributed by atoms with Crippen molar-refractivity contribution in [1.82, 2.24) is 4.90 Å². The van der Waals surface area contributed by atoms with Crippen molar-refractivity contribution in [1.29, 1.82) is 0 Å². The number of piperazine rings is 1. The third-order valence-electron chi connectivity index (χ3n) is 5.49. The SMILES string of the molecule is COc1ccc(N2CCN(Cc3cc(=O)c(OC/C=C/c4ccccc4)co3)CC2)cc1. The minimum atomic E-state index is -0.156. The van der Waals surface area contributed by atoms with E-state index in [0.29, 0.717) is 18.9 Å². The Morgan fingerprint density at radius 3 is 2.44 bits per heavy atom. The highest BCUT2D eigenvalue weighted by atomic mass is 16.5. The molecule has 0 atom stereocenters. The van der Waals surface area contributed by atoms with E-state index in [2.05, 4.69) is 21.9 Å². The summed E-state index contributed by atoms with van der Waals surface area (Å²) < 4.78 is 16.5. The van der Waals surface area contributed by atoms with E-state index in [1.165, 1.54) is 18.0 Å². The number of nitrogens with zero attached hydrogens (tertiary/aromatic N) is 2. The second-order valence-electron chi connectivity index (χ2n) is 7.66. The quantitative estimate of drug-likeness (QED) is 0.535. The molecular weight excluding hydrogens is 404 g/mol. The molecule has 32 heavy (non-hydrogen) atoms. The molecule has 3 aromatic rings. The monoisotopic (exact) mass is 432 g/mol. The van der Waals surface area contributed by atoms with E-state index in [4.69, 9.17) is 13.9 Å². The topological polar surface area (TPSA) is 55.2 Å². The molecule has 166 valence electrons. The predicted molar refractivity (Wildman–Crippen MR) is 126 cm³/mol. The van der Waals surface area contributed by atoms with Gasteiger partial charge in [-0.15, -0.1) is 0 Å². The molecular formula is C26H28N2O4. The largest absolute Gasteiger partial charge is 0.497 e. The van der Waals surface area contributed by atoms with Crippen LogP contribution in [0.15, 0.2) is 82.2 Å². The van der Waals surface area contributed by atoms with E-state index in [9.17, 15) is 4.79 Å². The van der Waals surface area contributed by atoms with E-state index in [0.717, 1.165) is 37.5 Å². The molecule has 2 heterocycles. The summed E-state index contributed by atoms with van der Waals surface area (Å²) in [5.41, 5.74) is 2.13. The lowest BCUT2D eigenvalue weighted by atomic mass is 10.2. The highest BCUT2D eigenvalue weighted by molar-refractivity contribution is 5.50. The summed E-state index contributed by atoms with van der Waals surface area (Å²) in [5.74, 6) is 1.75. The Morgan fingerprint density at radius 2 is 1.75 bits per heavy atom. The van der Waals surface area contributed by atoms with Crippen molar-refractivity contribution in [3.8, 4) is 11.5 Å². The van der Waals surface area contributed by atoms with Crippen LogP contribution < -0.4 is 19.8 Å². The Bertz CT molecular complexity index is 1070. The third-order valence-corrected chi connectivity index (χ3v) is 5.49. The summed E-state index contributed by atoms with van der Waals surface area (Å²) in [6.45, 7) is 4.57. The van der Waals surface area contributed by atoms with Crippen LogP contribution in [-0.2, 0) is 6.54 Å². The van der Waals surface area contributed by atoms with Crippen LogP contribution in [0.3, 0.4) is 0 Å². The van der Waals surface area contributed by atoms with E-state index in [1.54, 1.807) is 7.11 Å². The first-order chi connectivity index (χ1) is 15.7. The molecule has 4 rings (SSSR count). The lowest BCUT2D eigenvalue weighted by molar-refractivity contribution is 0.226. The molecule has 6 heteroatoms. The van der Waals surface area contributed by atoms with Crippen LogP contribution in [0.25, 0.3) is 6.08 Å². The van der Waals surface area contributed by atoms with Crippen molar-refractivity contribution < 1.29 is 13.9 Å². The van der Waals surface area contributed by atoms with Crippen molar-refractivity contribution in [2.45, 2.75) is 6.54 Å². The first-order valence-corrected chi connectivity index (χ1v) is 10.8. The number of benzene rings is 2. The van der Waals surface area contributed by atoms with Crippen LogP contribution in [0.2, 0.25) is 0 Å². The first-order valence-electron chi connectivity index (χ1n) is 10.8. The maximum atomic E-state index is 12.4. The molecule has 1 fully saturated rings. The number of ether oxygens (including phenoxy) is 2. The Hall–Kier alpha value is -3.51. The van der Waals surface area contributed by atoms with Crippen molar-refractivity contribution in [2.24, 2.45) is 0 Å². The maximum Gasteiger partial charge on any atom is 0.227 e. The van der Waals surface area contributed by atoms with Gasteiger partial charge in [0.25, 0.3) is 0 Å². The lowest BCUT2D eigenvalue weighted by Crippen LogP contribution is -2.46. The fourth-order valence-electron chi connectivity index (χ4n) is 3.69. The first kappa shape index (κ1) is 21.7. The van der Waals surface area contributed by atoms with Gasteiger partial charge in [-0.2, -0.15) is 0 Å². The Labute approximate surface area is 188 Å². The summed E-state index contributed by atoms with van der Waals surface area (Å²) >= 11 is 0. The van der Waals surface area contributed by atoms with E-state index >= 15 is 0 Å². The minimum absolute atomic E-state index is 0.156. The fraction of sp³-hybridized carbons (Fsp3) is 0.269. The molecule has 1 aliphatic rings. The van der Waals surface area contributed by atoms with Gasteiger partial charge in [-0.3, -0.25) is 9.69 Å². The van der Waals surface area contributed by atoms with Gasteiger partial charge in [-0.1, -0.05) is 36.4 Å². The van der Waals surface area contributed by atoms with Crippen molar-refractivity contribution in [3.63, 3.8) is 0 Å². The Kier molecular flexibility index (Phi) is 7.25. The summed E-state index contributed by atoms with van der Waals surface area (Å²) in [4.78, 5) is 17.0. The molecule has 0 unspecified atom stereocenters. The number of anilines is 1. The number of hydrogen-bond donors (Lipinski definition) is 0. The number of methoxy groups -OCH3 is 1. The molecule has 0 aliphatic carbocycles. The standard InChI is InChI=1S/C26H28N2O4/c1-30-23-11-9-22(10-12-23)28-15-13-27(14-16-28)19-24-18-25(29)26(20-32-24)31-17-5-8-21-6-3-2-4-7-21/h2-12,18,20H,13-17,19H2,1H3/b8-5+. The molecule has 1 aliphatic heterocycles.